The Bertz CT molecular complexity index is 904. The van der Waals surface area contributed by atoms with Gasteiger partial charge >= 0.3 is 0 Å². The molecule has 3 aromatic rings. The predicted octanol–water partition coefficient (Wildman–Crippen LogP) is 3.26. The summed E-state index contributed by atoms with van der Waals surface area (Å²) in [6, 6.07) is 11.1. The number of hydrogen-bond donors (Lipinski definition) is 2. The second-order valence-electron chi connectivity index (χ2n) is 6.27. The number of benzene rings is 1. The van der Waals surface area contributed by atoms with E-state index in [0.717, 1.165) is 5.52 Å². The molecular weight excluding hydrogens is 318 g/mol. The molecule has 0 fully saturated rings. The van der Waals surface area contributed by atoms with Crippen LogP contribution in [0.4, 0.5) is 5.69 Å². The van der Waals surface area contributed by atoms with Gasteiger partial charge in [0.1, 0.15) is 5.69 Å². The first-order chi connectivity index (χ1) is 12.0. The molecule has 0 atom stereocenters. The zero-order valence-corrected chi connectivity index (χ0v) is 14.5. The number of carbonyl (C=O) groups is 2. The van der Waals surface area contributed by atoms with E-state index in [4.69, 9.17) is 4.42 Å². The van der Waals surface area contributed by atoms with Gasteiger partial charge < -0.3 is 19.6 Å². The minimum Gasteiger partial charge on any atom is -0.463 e. The Kier molecular flexibility index (Phi) is 4.61. The van der Waals surface area contributed by atoms with Crippen LogP contribution in [0.1, 0.15) is 35.8 Å². The molecule has 0 saturated carbocycles. The van der Waals surface area contributed by atoms with Gasteiger partial charge in [0.25, 0.3) is 5.91 Å². The summed E-state index contributed by atoms with van der Waals surface area (Å²) in [6.07, 6.45) is 1.57. The maximum Gasteiger partial charge on any atom is 0.268 e. The lowest BCUT2D eigenvalue weighted by molar-refractivity contribution is -0.115. The van der Waals surface area contributed by atoms with Crippen molar-refractivity contribution in [3.8, 4) is 0 Å². The predicted molar refractivity (Wildman–Crippen MR) is 96.7 cm³/mol. The number of nitrogens with zero attached hydrogens (tertiary/aromatic N) is 1. The van der Waals surface area contributed by atoms with E-state index in [0.29, 0.717) is 22.9 Å². The lowest BCUT2D eigenvalue weighted by atomic mass is 10.0. The second-order valence-corrected chi connectivity index (χ2v) is 6.27. The van der Waals surface area contributed by atoms with Crippen LogP contribution in [0.25, 0.3) is 11.1 Å². The quantitative estimate of drug-likeness (QED) is 0.749. The van der Waals surface area contributed by atoms with Crippen LogP contribution in [0.5, 0.6) is 0 Å². The van der Waals surface area contributed by atoms with Crippen molar-refractivity contribution in [1.82, 2.24) is 9.88 Å². The Labute approximate surface area is 145 Å². The van der Waals surface area contributed by atoms with E-state index in [9.17, 15) is 9.59 Å². The Hall–Kier alpha value is -3.02. The average Bonchev–Trinajstić information content (AvgIpc) is 3.16. The monoisotopic (exact) mass is 339 g/mol. The summed E-state index contributed by atoms with van der Waals surface area (Å²) < 4.78 is 7.01. The van der Waals surface area contributed by atoms with Crippen LogP contribution in [0, 0.1) is 0 Å². The SMILES string of the molecule is CC(C)c1ccc(NC(=O)CNC(=O)c2cc3occc3n2C)cc1. The zero-order valence-electron chi connectivity index (χ0n) is 14.5. The van der Waals surface area contributed by atoms with E-state index in [1.165, 1.54) is 5.56 Å². The lowest BCUT2D eigenvalue weighted by Crippen LogP contribution is -2.33. The number of nitrogens with one attached hydrogen (secondary N) is 2. The van der Waals surface area contributed by atoms with E-state index in [-0.39, 0.29) is 18.4 Å². The second kappa shape index (κ2) is 6.84. The summed E-state index contributed by atoms with van der Waals surface area (Å²) in [5, 5.41) is 5.40. The van der Waals surface area contributed by atoms with Gasteiger partial charge in [0.2, 0.25) is 5.91 Å². The summed E-state index contributed by atoms with van der Waals surface area (Å²) in [4.78, 5) is 24.3. The van der Waals surface area contributed by atoms with Crippen molar-refractivity contribution >= 4 is 28.6 Å². The third-order valence-corrected chi connectivity index (χ3v) is 4.17. The molecule has 0 saturated heterocycles. The molecule has 0 aliphatic rings. The van der Waals surface area contributed by atoms with Gasteiger partial charge in [0, 0.05) is 24.9 Å². The maximum absolute atomic E-state index is 12.3. The standard InChI is InChI=1S/C19H21N3O3/c1-12(2)13-4-6-14(7-5-13)21-18(23)11-20-19(24)16-10-17-15(22(16)3)8-9-25-17/h4-10,12H,11H2,1-3H3,(H,20,24)(H,21,23). The molecule has 0 radical (unpaired) electrons. The topological polar surface area (TPSA) is 76.3 Å². The number of aromatic nitrogens is 1. The van der Waals surface area contributed by atoms with Crippen molar-refractivity contribution < 1.29 is 14.0 Å². The van der Waals surface area contributed by atoms with Crippen molar-refractivity contribution in [2.45, 2.75) is 19.8 Å². The molecule has 0 aliphatic heterocycles. The van der Waals surface area contributed by atoms with Crippen LogP contribution in [0.15, 0.2) is 47.1 Å². The fraction of sp³-hybridized carbons (Fsp3) is 0.263. The third-order valence-electron chi connectivity index (χ3n) is 4.17. The van der Waals surface area contributed by atoms with E-state index < -0.39 is 0 Å². The Morgan fingerprint density at radius 2 is 1.88 bits per heavy atom. The van der Waals surface area contributed by atoms with E-state index in [1.54, 1.807) is 30.0 Å². The summed E-state index contributed by atoms with van der Waals surface area (Å²) >= 11 is 0. The Morgan fingerprint density at radius 3 is 2.52 bits per heavy atom. The van der Waals surface area contributed by atoms with Crippen LogP contribution < -0.4 is 10.6 Å². The number of rotatable bonds is 5. The molecule has 6 heteroatoms. The van der Waals surface area contributed by atoms with E-state index >= 15 is 0 Å². The number of furan rings is 1. The Balaban J connectivity index is 1.57. The van der Waals surface area contributed by atoms with Crippen molar-refractivity contribution in [1.29, 1.82) is 0 Å². The molecule has 2 N–H and O–H groups in total. The van der Waals surface area contributed by atoms with Crippen LogP contribution >= 0.6 is 0 Å². The lowest BCUT2D eigenvalue weighted by Gasteiger charge is -2.09. The van der Waals surface area contributed by atoms with Gasteiger partial charge in [0.15, 0.2) is 5.58 Å². The number of carbonyl (C=O) groups excluding carboxylic acids is 2. The molecule has 2 amide bonds. The van der Waals surface area contributed by atoms with Crippen molar-refractivity contribution in [2.75, 3.05) is 11.9 Å². The first-order valence-electron chi connectivity index (χ1n) is 8.16. The minimum absolute atomic E-state index is 0.0999. The van der Waals surface area contributed by atoms with Crippen LogP contribution in [-0.2, 0) is 11.8 Å². The van der Waals surface area contributed by atoms with Gasteiger partial charge in [-0.15, -0.1) is 0 Å². The number of fused-ring (bicyclic) bond motifs is 1. The summed E-state index contributed by atoms with van der Waals surface area (Å²) in [6.45, 7) is 4.13. The van der Waals surface area contributed by atoms with Gasteiger partial charge in [-0.05, 0) is 23.6 Å². The largest absolute Gasteiger partial charge is 0.463 e. The molecule has 2 aromatic heterocycles. The minimum atomic E-state index is -0.320. The summed E-state index contributed by atoms with van der Waals surface area (Å²) in [7, 11) is 1.78. The van der Waals surface area contributed by atoms with Crippen molar-refractivity contribution in [3.63, 3.8) is 0 Å². The van der Waals surface area contributed by atoms with Gasteiger partial charge in [-0.2, -0.15) is 0 Å². The van der Waals surface area contributed by atoms with Gasteiger partial charge in [-0.25, -0.2) is 0 Å². The molecule has 130 valence electrons. The van der Waals surface area contributed by atoms with Crippen molar-refractivity contribution in [2.24, 2.45) is 7.05 Å². The number of hydrogen-bond acceptors (Lipinski definition) is 3. The number of aryl methyl sites for hydroxylation is 1. The third kappa shape index (κ3) is 3.57. The molecule has 0 unspecified atom stereocenters. The maximum atomic E-state index is 12.3. The number of amides is 2. The molecule has 0 aliphatic carbocycles. The smallest absolute Gasteiger partial charge is 0.268 e. The first-order valence-corrected chi connectivity index (χ1v) is 8.16. The first kappa shape index (κ1) is 16.8. The highest BCUT2D eigenvalue weighted by atomic mass is 16.3. The molecular formula is C19H21N3O3. The normalized spacial score (nSPS) is 11.0. The molecule has 0 spiro atoms. The molecule has 0 bridgehead atoms. The summed E-state index contributed by atoms with van der Waals surface area (Å²) in [5.74, 6) is -0.155. The highest BCUT2D eigenvalue weighted by Gasteiger charge is 2.15. The fourth-order valence-electron chi connectivity index (χ4n) is 2.68. The van der Waals surface area contributed by atoms with Crippen LogP contribution in [-0.4, -0.2) is 22.9 Å². The average molecular weight is 339 g/mol. The molecule has 25 heavy (non-hydrogen) atoms. The zero-order chi connectivity index (χ0) is 18.0. The van der Waals surface area contributed by atoms with Gasteiger partial charge in [0.05, 0.1) is 18.3 Å². The molecule has 3 rings (SSSR count). The highest BCUT2D eigenvalue weighted by molar-refractivity contribution is 6.00. The summed E-state index contributed by atoms with van der Waals surface area (Å²) in [5.41, 5.74) is 3.84. The molecule has 2 heterocycles. The van der Waals surface area contributed by atoms with Crippen molar-refractivity contribution in [3.05, 3.63) is 53.9 Å². The van der Waals surface area contributed by atoms with Gasteiger partial charge in [-0.1, -0.05) is 26.0 Å². The van der Waals surface area contributed by atoms with Crippen LogP contribution in [0.3, 0.4) is 0 Å². The highest BCUT2D eigenvalue weighted by Crippen LogP contribution is 2.19. The van der Waals surface area contributed by atoms with Crippen LogP contribution in [0.2, 0.25) is 0 Å². The molecule has 6 nitrogen and oxygen atoms in total. The number of anilines is 1. The van der Waals surface area contributed by atoms with E-state index in [2.05, 4.69) is 24.5 Å². The van der Waals surface area contributed by atoms with Gasteiger partial charge in [-0.3, -0.25) is 9.59 Å². The molecule has 1 aromatic carbocycles. The fourth-order valence-corrected chi connectivity index (χ4v) is 2.68. The Morgan fingerprint density at radius 1 is 1.16 bits per heavy atom. The van der Waals surface area contributed by atoms with E-state index in [1.807, 2.05) is 24.3 Å².